The van der Waals surface area contributed by atoms with Gasteiger partial charge in [0, 0.05) is 0 Å². The number of carbonyl (C=O) groups is 4. The van der Waals surface area contributed by atoms with Crippen molar-refractivity contribution in [2.75, 3.05) is 0 Å². The van der Waals surface area contributed by atoms with E-state index in [4.69, 9.17) is 4.74 Å². The first-order valence-corrected chi connectivity index (χ1v) is 9.78. The molecule has 0 amide bonds. The summed E-state index contributed by atoms with van der Waals surface area (Å²) in [5.41, 5.74) is 0.810. The van der Waals surface area contributed by atoms with Crippen molar-refractivity contribution in [3.05, 3.63) is 108 Å². The Balaban J connectivity index is 1.54. The van der Waals surface area contributed by atoms with Crippen LogP contribution >= 0.6 is 0 Å². The van der Waals surface area contributed by atoms with E-state index < -0.39 is 29.1 Å². The summed E-state index contributed by atoms with van der Waals surface area (Å²) in [7, 11) is 0. The predicted molar refractivity (Wildman–Crippen MR) is 114 cm³/mol. The smallest absolute Gasteiger partial charge is 0.233 e. The molecule has 152 valence electrons. The van der Waals surface area contributed by atoms with E-state index in [-0.39, 0.29) is 12.0 Å². The molecule has 31 heavy (non-hydrogen) atoms. The van der Waals surface area contributed by atoms with Crippen LogP contribution in [0.4, 0.5) is 0 Å². The van der Waals surface area contributed by atoms with E-state index in [1.165, 1.54) is 18.2 Å². The van der Waals surface area contributed by atoms with Crippen LogP contribution in [-0.2, 0) is 25.6 Å². The van der Waals surface area contributed by atoms with Gasteiger partial charge in [-0.3, -0.25) is 19.2 Å². The van der Waals surface area contributed by atoms with E-state index in [9.17, 15) is 19.2 Å². The van der Waals surface area contributed by atoms with E-state index in [2.05, 4.69) is 0 Å². The molecule has 0 aliphatic heterocycles. The Bertz CT molecular complexity index is 1150. The minimum absolute atomic E-state index is 0.282. The fourth-order valence-electron chi connectivity index (χ4n) is 3.42. The molecule has 1 fully saturated rings. The Morgan fingerprint density at radius 2 is 1.16 bits per heavy atom. The maximum atomic E-state index is 12.7. The Kier molecular flexibility index (Phi) is 5.67. The first-order valence-electron chi connectivity index (χ1n) is 9.78. The third-order valence-corrected chi connectivity index (χ3v) is 5.04. The van der Waals surface area contributed by atoms with Crippen LogP contribution in [0.25, 0.3) is 0 Å². The maximum Gasteiger partial charge on any atom is 0.233 e. The summed E-state index contributed by atoms with van der Waals surface area (Å²) in [5, 5.41) is 0. The largest absolute Gasteiger partial charge is 0.457 e. The first kappa shape index (κ1) is 20.2. The van der Waals surface area contributed by atoms with Gasteiger partial charge < -0.3 is 4.74 Å². The van der Waals surface area contributed by atoms with Crippen LogP contribution in [0.5, 0.6) is 11.5 Å². The molecule has 5 nitrogen and oxygen atoms in total. The zero-order valence-corrected chi connectivity index (χ0v) is 16.5. The molecule has 4 rings (SSSR count). The van der Waals surface area contributed by atoms with Crippen molar-refractivity contribution >= 4 is 23.1 Å². The lowest BCUT2D eigenvalue weighted by Crippen LogP contribution is -2.42. The minimum Gasteiger partial charge on any atom is -0.457 e. The van der Waals surface area contributed by atoms with Gasteiger partial charge in [0.25, 0.3) is 0 Å². The second-order valence-corrected chi connectivity index (χ2v) is 7.11. The standard InChI is InChI=1S/C26H18O5/c27-23-21(16-11-17-7-3-1-4-8-17)24(28)26(30)22(25(23)29)18-12-14-20(15-13-18)31-19-9-5-2-6-10-19/h1-10,12-16,22H,11H2. The summed E-state index contributed by atoms with van der Waals surface area (Å²) in [5.74, 6) is -3.89. The fourth-order valence-corrected chi connectivity index (χ4v) is 3.42. The van der Waals surface area contributed by atoms with Gasteiger partial charge in [0.1, 0.15) is 17.4 Å². The highest BCUT2D eigenvalue weighted by atomic mass is 16.5. The van der Waals surface area contributed by atoms with E-state index in [1.807, 2.05) is 48.5 Å². The second kappa shape index (κ2) is 8.71. The summed E-state index contributed by atoms with van der Waals surface area (Å²) in [6.45, 7) is 0. The van der Waals surface area contributed by atoms with Gasteiger partial charge in [-0.1, -0.05) is 66.7 Å². The molecule has 1 saturated carbocycles. The second-order valence-electron chi connectivity index (χ2n) is 7.11. The number of Topliss-reactive ketones (excluding diaryl/α,β-unsaturated/α-hetero) is 4. The van der Waals surface area contributed by atoms with Gasteiger partial charge in [-0.05, 0) is 41.8 Å². The molecule has 0 radical (unpaired) electrons. The number of hydrogen-bond donors (Lipinski definition) is 0. The molecule has 0 heterocycles. The van der Waals surface area contributed by atoms with Gasteiger partial charge in [0.05, 0.1) is 5.57 Å². The van der Waals surface area contributed by atoms with E-state index in [1.54, 1.807) is 24.3 Å². The fraction of sp³-hybridized carbons (Fsp3) is 0.0769. The lowest BCUT2D eigenvalue weighted by molar-refractivity contribution is -0.146. The van der Waals surface area contributed by atoms with E-state index in [0.29, 0.717) is 17.1 Å². The van der Waals surface area contributed by atoms with Crippen molar-refractivity contribution in [1.29, 1.82) is 0 Å². The normalized spacial score (nSPS) is 16.4. The van der Waals surface area contributed by atoms with Gasteiger partial charge >= 0.3 is 0 Å². The molecule has 0 saturated heterocycles. The molecule has 0 unspecified atom stereocenters. The van der Waals surface area contributed by atoms with Crippen molar-refractivity contribution < 1.29 is 23.9 Å². The summed E-state index contributed by atoms with van der Waals surface area (Å²) in [6.07, 6.45) is 1.65. The van der Waals surface area contributed by atoms with Crippen molar-refractivity contribution in [3.63, 3.8) is 0 Å². The Morgan fingerprint density at radius 3 is 1.74 bits per heavy atom. The molecule has 0 N–H and O–H groups in total. The average Bonchev–Trinajstić information content (AvgIpc) is 2.80. The maximum absolute atomic E-state index is 12.7. The Hall–Kier alpha value is -4.12. The minimum atomic E-state index is -1.42. The van der Waals surface area contributed by atoms with E-state index in [0.717, 1.165) is 5.56 Å². The molecule has 1 aliphatic carbocycles. The molecule has 3 aromatic carbocycles. The molecule has 1 aliphatic rings. The van der Waals surface area contributed by atoms with Gasteiger partial charge in [-0.2, -0.15) is 0 Å². The van der Waals surface area contributed by atoms with Crippen LogP contribution in [0.15, 0.2) is 96.6 Å². The van der Waals surface area contributed by atoms with Crippen LogP contribution in [0.1, 0.15) is 17.0 Å². The summed E-state index contributed by atoms with van der Waals surface area (Å²) in [6, 6.07) is 24.5. The molecule has 3 aromatic rings. The number of carbonyl (C=O) groups excluding carboxylic acids is 4. The van der Waals surface area contributed by atoms with Gasteiger partial charge in [0.2, 0.25) is 23.1 Å². The zero-order valence-electron chi connectivity index (χ0n) is 16.5. The number of benzene rings is 3. The summed E-state index contributed by atoms with van der Waals surface area (Å²) < 4.78 is 5.69. The number of para-hydroxylation sites is 1. The van der Waals surface area contributed by atoms with Crippen LogP contribution in [0.2, 0.25) is 0 Å². The highest BCUT2D eigenvalue weighted by Gasteiger charge is 2.45. The molecule has 0 bridgehead atoms. The average molecular weight is 410 g/mol. The van der Waals surface area contributed by atoms with Crippen LogP contribution in [-0.4, -0.2) is 23.1 Å². The molecule has 5 heteroatoms. The van der Waals surface area contributed by atoms with Crippen molar-refractivity contribution in [3.8, 4) is 11.5 Å². The molecular weight excluding hydrogens is 392 g/mol. The highest BCUT2D eigenvalue weighted by molar-refractivity contribution is 6.69. The zero-order chi connectivity index (χ0) is 21.8. The molecule has 0 atom stereocenters. The number of ketones is 4. The van der Waals surface area contributed by atoms with Crippen LogP contribution in [0, 0.1) is 0 Å². The van der Waals surface area contributed by atoms with Gasteiger partial charge in [-0.15, -0.1) is 0 Å². The third-order valence-electron chi connectivity index (χ3n) is 5.04. The predicted octanol–water partition coefficient (Wildman–Crippen LogP) is 4.02. The lowest BCUT2D eigenvalue weighted by atomic mass is 9.77. The topological polar surface area (TPSA) is 77.5 Å². The number of rotatable bonds is 5. The van der Waals surface area contributed by atoms with Crippen LogP contribution in [0.3, 0.4) is 0 Å². The Morgan fingerprint density at radius 1 is 0.645 bits per heavy atom. The number of ether oxygens (including phenoxy) is 1. The third kappa shape index (κ3) is 4.26. The van der Waals surface area contributed by atoms with Crippen molar-refractivity contribution in [1.82, 2.24) is 0 Å². The highest BCUT2D eigenvalue weighted by Crippen LogP contribution is 2.29. The van der Waals surface area contributed by atoms with Crippen LogP contribution < -0.4 is 4.74 Å². The SMILES string of the molecule is O=C1C(=O)C(c2ccc(Oc3ccccc3)cc2)C(=O)C(=O)C1=CCc1ccccc1. The quantitative estimate of drug-likeness (QED) is 0.275. The van der Waals surface area contributed by atoms with Crippen molar-refractivity contribution in [2.24, 2.45) is 0 Å². The summed E-state index contributed by atoms with van der Waals surface area (Å²) >= 11 is 0. The number of hydrogen-bond acceptors (Lipinski definition) is 5. The molecule has 0 spiro atoms. The van der Waals surface area contributed by atoms with Gasteiger partial charge in [0.15, 0.2) is 0 Å². The number of allylic oxidation sites excluding steroid dienone is 2. The monoisotopic (exact) mass is 410 g/mol. The van der Waals surface area contributed by atoms with Crippen molar-refractivity contribution in [2.45, 2.75) is 12.3 Å². The lowest BCUT2D eigenvalue weighted by Gasteiger charge is -2.20. The Labute approximate surface area is 179 Å². The summed E-state index contributed by atoms with van der Waals surface area (Å²) in [4.78, 5) is 50.5. The van der Waals surface area contributed by atoms with Gasteiger partial charge in [-0.25, -0.2) is 0 Å². The first-order chi connectivity index (χ1) is 15.0. The van der Waals surface area contributed by atoms with E-state index >= 15 is 0 Å². The molecular formula is C26H18O5. The molecule has 0 aromatic heterocycles.